The number of hydrogen-bond acceptors (Lipinski definition) is 3. The minimum absolute atomic E-state index is 0.348. The summed E-state index contributed by atoms with van der Waals surface area (Å²) in [4.78, 5) is 17.5. The zero-order valence-electron chi connectivity index (χ0n) is 14.8. The predicted molar refractivity (Wildman–Crippen MR) is 101 cm³/mol. The lowest BCUT2D eigenvalue weighted by atomic mass is 10.0. The number of carbonyl (C=O) groups excluding carboxylic acids is 1. The highest BCUT2D eigenvalue weighted by Gasteiger charge is 2.14. The molecule has 0 atom stereocenters. The maximum atomic E-state index is 12.6. The molecule has 3 aromatic rings. The third-order valence-corrected chi connectivity index (χ3v) is 5.08. The Morgan fingerprint density at radius 2 is 2.20 bits per heavy atom. The van der Waals surface area contributed by atoms with E-state index in [9.17, 15) is 4.79 Å². The van der Waals surface area contributed by atoms with Crippen LogP contribution in [-0.4, -0.2) is 20.3 Å². The molecular weight excluding hydrogens is 332 g/mol. The van der Waals surface area contributed by atoms with Crippen molar-refractivity contribution >= 4 is 27.5 Å². The van der Waals surface area contributed by atoms with Crippen LogP contribution in [0, 0.1) is 19.3 Å². The van der Waals surface area contributed by atoms with Crippen molar-refractivity contribution in [3.63, 3.8) is 0 Å². The molecule has 1 aromatic carbocycles. The molecule has 25 heavy (non-hydrogen) atoms. The minimum Gasteiger partial charge on any atom is -0.305 e. The fourth-order valence-electron chi connectivity index (χ4n) is 2.74. The minimum atomic E-state index is -0.348. The van der Waals surface area contributed by atoms with Crippen molar-refractivity contribution in [3.05, 3.63) is 46.0 Å². The molecule has 128 valence electrons. The van der Waals surface area contributed by atoms with E-state index >= 15 is 0 Å². The number of fused-ring (bicyclic) bond motifs is 1. The van der Waals surface area contributed by atoms with E-state index in [1.165, 1.54) is 16.9 Å². The smallest absolute Gasteiger partial charge is 0.300 e. The van der Waals surface area contributed by atoms with E-state index in [0.717, 1.165) is 15.8 Å². The number of rotatable bonds is 3. The second-order valence-electron chi connectivity index (χ2n) is 6.31. The lowest BCUT2D eigenvalue weighted by Gasteiger charge is -2.05. The first-order chi connectivity index (χ1) is 11.9. The Morgan fingerprint density at radius 1 is 1.44 bits per heavy atom. The number of nitrogens with zero attached hydrogens (tertiary/aromatic N) is 4. The van der Waals surface area contributed by atoms with Crippen LogP contribution in [-0.2, 0) is 13.6 Å². The van der Waals surface area contributed by atoms with Crippen LogP contribution in [0.5, 0.6) is 0 Å². The predicted octanol–water partition coefficient (Wildman–Crippen LogP) is 3.24. The van der Waals surface area contributed by atoms with Crippen molar-refractivity contribution in [2.75, 3.05) is 0 Å². The van der Waals surface area contributed by atoms with Crippen molar-refractivity contribution in [1.29, 1.82) is 0 Å². The van der Waals surface area contributed by atoms with E-state index in [4.69, 9.17) is 6.42 Å². The van der Waals surface area contributed by atoms with Crippen LogP contribution < -0.4 is 4.80 Å². The van der Waals surface area contributed by atoms with E-state index in [-0.39, 0.29) is 5.91 Å². The van der Waals surface area contributed by atoms with Gasteiger partial charge in [0.25, 0.3) is 5.91 Å². The van der Waals surface area contributed by atoms with Gasteiger partial charge in [0.15, 0.2) is 10.5 Å². The van der Waals surface area contributed by atoms with E-state index < -0.39 is 0 Å². The van der Waals surface area contributed by atoms with Crippen LogP contribution in [0.3, 0.4) is 0 Å². The Morgan fingerprint density at radius 3 is 2.80 bits per heavy atom. The molecule has 1 amide bonds. The summed E-state index contributed by atoms with van der Waals surface area (Å²) in [5, 5.41) is 4.20. The molecule has 0 saturated carbocycles. The van der Waals surface area contributed by atoms with Crippen LogP contribution in [0.15, 0.2) is 29.4 Å². The highest BCUT2D eigenvalue weighted by atomic mass is 32.1. The lowest BCUT2D eigenvalue weighted by Crippen LogP contribution is -2.17. The molecule has 0 aliphatic heterocycles. The average Bonchev–Trinajstić information content (AvgIpc) is 3.07. The molecule has 2 aromatic heterocycles. The van der Waals surface area contributed by atoms with Crippen molar-refractivity contribution in [2.24, 2.45) is 12.0 Å². The fourth-order valence-corrected chi connectivity index (χ4v) is 3.81. The molecule has 6 heteroatoms. The Kier molecular flexibility index (Phi) is 4.60. The lowest BCUT2D eigenvalue weighted by molar-refractivity contribution is 0.0992. The molecular formula is C19H20N4OS. The molecule has 0 unspecified atom stereocenters. The van der Waals surface area contributed by atoms with E-state index in [0.29, 0.717) is 23.0 Å². The van der Waals surface area contributed by atoms with Crippen LogP contribution in [0.1, 0.15) is 41.4 Å². The van der Waals surface area contributed by atoms with E-state index in [2.05, 4.69) is 42.0 Å². The van der Waals surface area contributed by atoms with Gasteiger partial charge in [0.05, 0.1) is 16.8 Å². The second-order valence-corrected chi connectivity index (χ2v) is 7.32. The Labute approximate surface area is 150 Å². The topological polar surface area (TPSA) is 52.2 Å². The number of terminal acetylenes is 1. The maximum absolute atomic E-state index is 12.6. The van der Waals surface area contributed by atoms with Gasteiger partial charge < -0.3 is 4.57 Å². The average molecular weight is 352 g/mol. The molecule has 3 rings (SSSR count). The van der Waals surface area contributed by atoms with E-state index in [1.54, 1.807) is 17.9 Å². The summed E-state index contributed by atoms with van der Waals surface area (Å²) >= 11 is 1.48. The van der Waals surface area contributed by atoms with Gasteiger partial charge in [-0.1, -0.05) is 37.2 Å². The van der Waals surface area contributed by atoms with Gasteiger partial charge in [-0.2, -0.15) is 10.1 Å². The molecule has 0 spiro atoms. The largest absolute Gasteiger partial charge is 0.305 e. The highest BCUT2D eigenvalue weighted by molar-refractivity contribution is 7.16. The Bertz CT molecular complexity index is 1060. The monoisotopic (exact) mass is 352 g/mol. The summed E-state index contributed by atoms with van der Waals surface area (Å²) in [6, 6.07) is 6.29. The summed E-state index contributed by atoms with van der Waals surface area (Å²) < 4.78 is 4.60. The summed E-state index contributed by atoms with van der Waals surface area (Å²) in [5.74, 6) is 2.74. The molecule has 2 heterocycles. The van der Waals surface area contributed by atoms with Gasteiger partial charge in [-0.15, -0.1) is 6.42 Å². The van der Waals surface area contributed by atoms with Crippen molar-refractivity contribution < 1.29 is 4.79 Å². The number of aryl methyl sites for hydroxylation is 2. The SMILES string of the molecule is C#CCn1c(=NC(=O)c2nn(C)cc2C)sc2cc(C(C)C)ccc21. The van der Waals surface area contributed by atoms with Crippen LogP contribution >= 0.6 is 11.3 Å². The number of hydrogen-bond donors (Lipinski definition) is 0. The Balaban J connectivity index is 2.17. The van der Waals surface area contributed by atoms with Crippen molar-refractivity contribution in [1.82, 2.24) is 14.3 Å². The zero-order valence-corrected chi connectivity index (χ0v) is 15.6. The van der Waals surface area contributed by atoms with Gasteiger partial charge in [0.2, 0.25) is 0 Å². The first kappa shape index (κ1) is 17.2. The van der Waals surface area contributed by atoms with Crippen molar-refractivity contribution in [3.8, 4) is 12.3 Å². The first-order valence-electron chi connectivity index (χ1n) is 8.06. The normalized spacial score (nSPS) is 12.1. The van der Waals surface area contributed by atoms with Crippen molar-refractivity contribution in [2.45, 2.75) is 33.2 Å². The fraction of sp³-hybridized carbons (Fsp3) is 0.316. The molecule has 0 saturated heterocycles. The number of benzene rings is 1. The van der Waals surface area contributed by atoms with Crippen LogP contribution in [0.4, 0.5) is 0 Å². The Hall–Kier alpha value is -2.65. The molecule has 5 nitrogen and oxygen atoms in total. The summed E-state index contributed by atoms with van der Waals surface area (Å²) in [6.45, 7) is 6.53. The standard InChI is InChI=1S/C19H20N4OS/c1-6-9-23-15-8-7-14(12(2)3)10-16(15)25-19(23)20-18(24)17-13(4)11-22(5)21-17/h1,7-8,10-12H,9H2,2-5H3. The summed E-state index contributed by atoms with van der Waals surface area (Å²) in [7, 11) is 1.79. The number of thiazole rings is 1. The van der Waals surface area contributed by atoms with Gasteiger partial charge in [-0.05, 0) is 30.5 Å². The summed E-state index contributed by atoms with van der Waals surface area (Å²) in [6.07, 6.45) is 7.32. The molecule has 0 aliphatic rings. The molecule has 0 N–H and O–H groups in total. The zero-order chi connectivity index (χ0) is 18.1. The van der Waals surface area contributed by atoms with Gasteiger partial charge in [0, 0.05) is 18.8 Å². The molecule has 0 bridgehead atoms. The molecule has 0 fully saturated rings. The summed E-state index contributed by atoms with van der Waals surface area (Å²) in [5.41, 5.74) is 3.43. The maximum Gasteiger partial charge on any atom is 0.300 e. The third kappa shape index (κ3) is 3.28. The number of aromatic nitrogens is 3. The quantitative estimate of drug-likeness (QED) is 0.680. The number of amides is 1. The van der Waals surface area contributed by atoms with Crippen LogP contribution in [0.25, 0.3) is 10.2 Å². The van der Waals surface area contributed by atoms with Gasteiger partial charge in [-0.25, -0.2) is 0 Å². The highest BCUT2D eigenvalue weighted by Crippen LogP contribution is 2.23. The van der Waals surface area contributed by atoms with Gasteiger partial charge in [0.1, 0.15) is 0 Å². The van der Waals surface area contributed by atoms with Gasteiger partial charge >= 0.3 is 0 Å². The number of carbonyl (C=O) groups is 1. The van der Waals surface area contributed by atoms with E-state index in [1.807, 2.05) is 17.6 Å². The third-order valence-electron chi connectivity index (χ3n) is 4.03. The van der Waals surface area contributed by atoms with Gasteiger partial charge in [-0.3, -0.25) is 9.48 Å². The second kappa shape index (κ2) is 6.69. The molecule has 0 aliphatic carbocycles. The van der Waals surface area contributed by atoms with Crippen LogP contribution in [0.2, 0.25) is 0 Å². The molecule has 0 radical (unpaired) electrons. The first-order valence-corrected chi connectivity index (χ1v) is 8.88.